The number of hydrogen-bond acceptors (Lipinski definition) is 4. The Kier molecular flexibility index (Phi) is 4.79. The van der Waals surface area contributed by atoms with Crippen molar-refractivity contribution in [3.63, 3.8) is 0 Å². The van der Waals surface area contributed by atoms with Crippen molar-refractivity contribution in [1.82, 2.24) is 5.48 Å². The van der Waals surface area contributed by atoms with E-state index in [1.54, 1.807) is 0 Å². The van der Waals surface area contributed by atoms with E-state index >= 15 is 0 Å². The first kappa shape index (κ1) is 18.9. The van der Waals surface area contributed by atoms with Gasteiger partial charge in [0.15, 0.2) is 0 Å². The zero-order chi connectivity index (χ0) is 18.6. The van der Waals surface area contributed by atoms with Crippen molar-refractivity contribution in [3.8, 4) is 0 Å². The molecule has 0 aromatic rings. The standard InChI is InChI=1S/C22H37NO3/c1-20-10-8-17(24)14-16(20)5-6-19-18(20)9-11-21(2)15(4-3-13-23-26)7-12-22(19,21)25/h3-4,15-19,23-26H,5-14H2,1-2H3/b4-3+/t15?,16?,17?,18-,19-,20+,21-,22-/m1/s1. The van der Waals surface area contributed by atoms with Gasteiger partial charge in [-0.05, 0) is 86.9 Å². The summed E-state index contributed by atoms with van der Waals surface area (Å²) in [4.78, 5) is 0. The van der Waals surface area contributed by atoms with E-state index in [9.17, 15) is 10.2 Å². The van der Waals surface area contributed by atoms with Crippen LogP contribution in [0.15, 0.2) is 12.2 Å². The number of rotatable bonds is 3. The second-order valence-electron chi connectivity index (χ2n) is 10.2. The Labute approximate surface area is 158 Å². The predicted molar refractivity (Wildman–Crippen MR) is 102 cm³/mol. The molecule has 0 spiro atoms. The van der Waals surface area contributed by atoms with Crippen LogP contribution in [0.3, 0.4) is 0 Å². The highest BCUT2D eigenvalue weighted by molar-refractivity contribution is 5.19. The molecule has 0 amide bonds. The molecule has 0 aliphatic heterocycles. The van der Waals surface area contributed by atoms with Crippen molar-refractivity contribution >= 4 is 0 Å². The number of allylic oxidation sites excluding steroid dienone is 1. The molecule has 4 rings (SSSR count). The van der Waals surface area contributed by atoms with Gasteiger partial charge in [0.05, 0.1) is 11.7 Å². The summed E-state index contributed by atoms with van der Waals surface area (Å²) in [6.07, 6.45) is 13.7. The smallest absolute Gasteiger partial charge is 0.0737 e. The van der Waals surface area contributed by atoms with Gasteiger partial charge in [0.1, 0.15) is 0 Å². The zero-order valence-electron chi connectivity index (χ0n) is 16.5. The number of aliphatic hydroxyl groups is 2. The minimum atomic E-state index is -0.554. The predicted octanol–water partition coefficient (Wildman–Crippen LogP) is 3.66. The fraction of sp³-hybridized carbons (Fsp3) is 0.909. The molecule has 4 fully saturated rings. The van der Waals surface area contributed by atoms with E-state index < -0.39 is 5.60 Å². The Bertz CT molecular complexity index is 566. The van der Waals surface area contributed by atoms with Crippen LogP contribution in [0.2, 0.25) is 0 Å². The van der Waals surface area contributed by atoms with E-state index in [0.29, 0.717) is 35.6 Å². The monoisotopic (exact) mass is 363 g/mol. The van der Waals surface area contributed by atoms with E-state index in [2.05, 4.69) is 25.4 Å². The summed E-state index contributed by atoms with van der Waals surface area (Å²) in [5.41, 5.74) is 1.90. The van der Waals surface area contributed by atoms with Gasteiger partial charge in [-0.3, -0.25) is 0 Å². The third-order valence-electron chi connectivity index (χ3n) is 9.47. The summed E-state index contributed by atoms with van der Waals surface area (Å²) in [5.74, 6) is 2.05. The van der Waals surface area contributed by atoms with Gasteiger partial charge in [-0.2, -0.15) is 0 Å². The van der Waals surface area contributed by atoms with E-state index in [4.69, 9.17) is 5.21 Å². The Hall–Kier alpha value is -0.420. The molecule has 26 heavy (non-hydrogen) atoms. The first-order valence-corrected chi connectivity index (χ1v) is 10.8. The second-order valence-corrected chi connectivity index (χ2v) is 10.2. The van der Waals surface area contributed by atoms with E-state index in [0.717, 1.165) is 44.9 Å². The summed E-state index contributed by atoms with van der Waals surface area (Å²) in [5, 5.41) is 31.0. The summed E-state index contributed by atoms with van der Waals surface area (Å²) in [6, 6.07) is 0. The molecule has 0 heterocycles. The van der Waals surface area contributed by atoms with Crippen LogP contribution >= 0.6 is 0 Å². The van der Waals surface area contributed by atoms with Gasteiger partial charge < -0.3 is 15.4 Å². The van der Waals surface area contributed by atoms with Crippen LogP contribution in [0, 0.1) is 34.5 Å². The summed E-state index contributed by atoms with van der Waals surface area (Å²) < 4.78 is 0. The molecule has 0 aromatic carbocycles. The summed E-state index contributed by atoms with van der Waals surface area (Å²) in [7, 11) is 0. The summed E-state index contributed by atoms with van der Waals surface area (Å²) in [6.45, 7) is 5.25. The molecule has 0 aromatic heterocycles. The lowest BCUT2D eigenvalue weighted by Crippen LogP contribution is -2.62. The van der Waals surface area contributed by atoms with Crippen LogP contribution in [0.4, 0.5) is 0 Å². The molecule has 4 aliphatic rings. The van der Waals surface area contributed by atoms with Crippen molar-refractivity contribution in [3.05, 3.63) is 12.2 Å². The van der Waals surface area contributed by atoms with Gasteiger partial charge in [-0.1, -0.05) is 26.0 Å². The van der Waals surface area contributed by atoms with Crippen LogP contribution in [0.5, 0.6) is 0 Å². The molecule has 4 aliphatic carbocycles. The van der Waals surface area contributed by atoms with Crippen molar-refractivity contribution in [2.75, 3.05) is 6.54 Å². The maximum atomic E-state index is 12.0. The van der Waals surface area contributed by atoms with Crippen LogP contribution in [0.1, 0.15) is 71.6 Å². The van der Waals surface area contributed by atoms with Gasteiger partial charge in [-0.25, -0.2) is 5.48 Å². The quantitative estimate of drug-likeness (QED) is 0.456. The molecule has 4 saturated carbocycles. The number of nitrogens with one attached hydrogen (secondary N) is 1. The van der Waals surface area contributed by atoms with E-state index in [-0.39, 0.29) is 11.5 Å². The molecular formula is C22H37NO3. The first-order chi connectivity index (χ1) is 12.3. The Morgan fingerprint density at radius 3 is 2.58 bits per heavy atom. The number of aliphatic hydroxyl groups excluding tert-OH is 1. The van der Waals surface area contributed by atoms with Gasteiger partial charge >= 0.3 is 0 Å². The molecule has 0 saturated heterocycles. The highest BCUT2D eigenvalue weighted by Gasteiger charge is 2.66. The van der Waals surface area contributed by atoms with Crippen molar-refractivity contribution in [2.24, 2.45) is 34.5 Å². The van der Waals surface area contributed by atoms with Crippen LogP contribution in [-0.4, -0.2) is 33.7 Å². The van der Waals surface area contributed by atoms with E-state index in [1.807, 2.05) is 6.08 Å². The number of hydroxylamine groups is 1. The number of fused-ring (bicyclic) bond motifs is 5. The highest BCUT2D eigenvalue weighted by atomic mass is 16.5. The maximum Gasteiger partial charge on any atom is 0.0737 e. The van der Waals surface area contributed by atoms with Gasteiger partial charge in [0, 0.05) is 12.0 Å². The Morgan fingerprint density at radius 2 is 1.81 bits per heavy atom. The molecule has 4 heteroatoms. The van der Waals surface area contributed by atoms with Crippen LogP contribution in [-0.2, 0) is 0 Å². The van der Waals surface area contributed by atoms with E-state index in [1.165, 1.54) is 12.8 Å². The van der Waals surface area contributed by atoms with Crippen molar-refractivity contribution in [2.45, 2.75) is 83.3 Å². The number of hydrogen-bond donors (Lipinski definition) is 4. The molecule has 4 nitrogen and oxygen atoms in total. The maximum absolute atomic E-state index is 12.0. The molecule has 4 N–H and O–H groups in total. The largest absolute Gasteiger partial charge is 0.393 e. The third kappa shape index (κ3) is 2.56. The van der Waals surface area contributed by atoms with Gasteiger partial charge in [-0.15, -0.1) is 0 Å². The molecule has 3 unspecified atom stereocenters. The van der Waals surface area contributed by atoms with Crippen LogP contribution < -0.4 is 5.48 Å². The fourth-order valence-electron chi connectivity index (χ4n) is 7.84. The first-order valence-electron chi connectivity index (χ1n) is 10.8. The van der Waals surface area contributed by atoms with Crippen molar-refractivity contribution < 1.29 is 15.4 Å². The van der Waals surface area contributed by atoms with Crippen LogP contribution in [0.25, 0.3) is 0 Å². The normalized spacial score (nSPS) is 54.0. The zero-order valence-corrected chi connectivity index (χ0v) is 16.5. The molecule has 8 atom stereocenters. The molecule has 148 valence electrons. The minimum Gasteiger partial charge on any atom is -0.393 e. The Balaban J connectivity index is 1.60. The summed E-state index contributed by atoms with van der Waals surface area (Å²) >= 11 is 0. The Morgan fingerprint density at radius 1 is 1.00 bits per heavy atom. The lowest BCUT2D eigenvalue weighted by atomic mass is 9.43. The topological polar surface area (TPSA) is 72.7 Å². The minimum absolute atomic E-state index is 0.0441. The van der Waals surface area contributed by atoms with Gasteiger partial charge in [0.25, 0.3) is 0 Å². The van der Waals surface area contributed by atoms with Gasteiger partial charge in [0.2, 0.25) is 0 Å². The average molecular weight is 364 g/mol. The molecular weight excluding hydrogens is 326 g/mol. The highest BCUT2D eigenvalue weighted by Crippen LogP contribution is 2.69. The average Bonchev–Trinajstić information content (AvgIpc) is 2.88. The fourth-order valence-corrected chi connectivity index (χ4v) is 7.84. The SMILES string of the molecule is C[C@]12CCC(O)CC1CC[C@@H]1[C@H]2CC[C@]2(C)C(/C=C/CNO)CC[C@@]12O. The third-order valence-corrected chi connectivity index (χ3v) is 9.47. The lowest BCUT2D eigenvalue weighted by molar-refractivity contribution is -0.207. The molecule has 0 bridgehead atoms. The van der Waals surface area contributed by atoms with Crippen molar-refractivity contribution in [1.29, 1.82) is 0 Å². The lowest BCUT2D eigenvalue weighted by Gasteiger charge is -2.63. The second kappa shape index (κ2) is 6.58. The molecule has 0 radical (unpaired) electrons.